The molecule has 4 nitrogen and oxygen atoms in total. The van der Waals surface area contributed by atoms with E-state index < -0.39 is 0 Å². The Morgan fingerprint density at radius 3 is 2.56 bits per heavy atom. The Hall–Kier alpha value is -2.10. The number of rotatable bonds is 4. The number of carbonyl (C=O) groups excluding carboxylic acids is 1. The van der Waals surface area contributed by atoms with Gasteiger partial charge in [-0.25, -0.2) is 9.97 Å². The van der Waals surface area contributed by atoms with Crippen molar-refractivity contribution in [2.45, 2.75) is 12.8 Å². The molecule has 0 aliphatic heterocycles. The van der Waals surface area contributed by atoms with Crippen LogP contribution in [0.3, 0.4) is 0 Å². The maximum Gasteiger partial charge on any atom is 0.153 e. The molecule has 0 atom stereocenters. The average molecular weight is 213 g/mol. The van der Waals surface area contributed by atoms with Gasteiger partial charge in [-0.15, -0.1) is 0 Å². The van der Waals surface area contributed by atoms with Gasteiger partial charge in [0, 0.05) is 31.2 Å². The van der Waals surface area contributed by atoms with Gasteiger partial charge in [-0.3, -0.25) is 9.78 Å². The molecule has 0 aromatic carbocycles. The van der Waals surface area contributed by atoms with Gasteiger partial charge < -0.3 is 0 Å². The second-order valence-electron chi connectivity index (χ2n) is 3.41. The van der Waals surface area contributed by atoms with Crippen molar-refractivity contribution in [2.75, 3.05) is 0 Å². The smallest absolute Gasteiger partial charge is 0.153 e. The third-order valence-corrected chi connectivity index (χ3v) is 2.22. The highest BCUT2D eigenvalue weighted by molar-refractivity contribution is 5.73. The fourth-order valence-corrected chi connectivity index (χ4v) is 1.36. The first-order valence-electron chi connectivity index (χ1n) is 5.03. The third-order valence-electron chi connectivity index (χ3n) is 2.22. The van der Waals surface area contributed by atoms with Gasteiger partial charge in [-0.1, -0.05) is 6.07 Å². The summed E-state index contributed by atoms with van der Waals surface area (Å²) >= 11 is 0. The molecule has 2 heterocycles. The highest BCUT2D eigenvalue weighted by atomic mass is 16.1. The minimum Gasteiger partial charge on any atom is -0.298 e. The van der Waals surface area contributed by atoms with Gasteiger partial charge in [0.1, 0.15) is 5.82 Å². The molecule has 2 aromatic rings. The van der Waals surface area contributed by atoms with Crippen LogP contribution in [0.15, 0.2) is 36.9 Å². The van der Waals surface area contributed by atoms with Gasteiger partial charge in [0.05, 0.1) is 5.56 Å². The minimum absolute atomic E-state index is 0.505. The number of hydrogen-bond donors (Lipinski definition) is 0. The molecular weight excluding hydrogens is 202 g/mol. The minimum atomic E-state index is 0.505. The third kappa shape index (κ3) is 2.70. The van der Waals surface area contributed by atoms with Crippen molar-refractivity contribution in [2.24, 2.45) is 0 Å². The Morgan fingerprint density at radius 1 is 1.12 bits per heavy atom. The Bertz CT molecular complexity index is 453. The van der Waals surface area contributed by atoms with E-state index in [1.807, 2.05) is 18.3 Å². The van der Waals surface area contributed by atoms with E-state index in [-0.39, 0.29) is 0 Å². The van der Waals surface area contributed by atoms with Gasteiger partial charge >= 0.3 is 0 Å². The summed E-state index contributed by atoms with van der Waals surface area (Å²) in [5, 5.41) is 0. The van der Waals surface area contributed by atoms with Crippen LogP contribution in [0.5, 0.6) is 0 Å². The van der Waals surface area contributed by atoms with Crippen LogP contribution in [0.4, 0.5) is 0 Å². The molecule has 0 saturated heterocycles. The van der Waals surface area contributed by atoms with Crippen molar-refractivity contribution in [3.8, 4) is 0 Å². The van der Waals surface area contributed by atoms with E-state index in [2.05, 4.69) is 15.0 Å². The van der Waals surface area contributed by atoms with Crippen LogP contribution in [0.2, 0.25) is 0 Å². The molecule has 0 bridgehead atoms. The SMILES string of the molecule is O=Cc1cnc(CCc2cccnc2)nc1. The number of aromatic nitrogens is 3. The maximum atomic E-state index is 10.4. The van der Waals surface area contributed by atoms with Gasteiger partial charge in [0.15, 0.2) is 6.29 Å². The highest BCUT2D eigenvalue weighted by Crippen LogP contribution is 2.02. The topological polar surface area (TPSA) is 55.7 Å². The number of hydrogen-bond acceptors (Lipinski definition) is 4. The van der Waals surface area contributed by atoms with Crippen LogP contribution in [0, 0.1) is 0 Å². The van der Waals surface area contributed by atoms with E-state index >= 15 is 0 Å². The number of carbonyl (C=O) groups is 1. The first kappa shape index (κ1) is 10.4. The lowest BCUT2D eigenvalue weighted by atomic mass is 10.1. The average Bonchev–Trinajstić information content (AvgIpc) is 2.38. The quantitative estimate of drug-likeness (QED) is 0.722. The molecule has 4 heteroatoms. The molecule has 0 saturated carbocycles. The van der Waals surface area contributed by atoms with E-state index in [1.165, 1.54) is 0 Å². The van der Waals surface area contributed by atoms with E-state index in [9.17, 15) is 4.79 Å². The monoisotopic (exact) mass is 213 g/mol. The molecule has 0 unspecified atom stereocenters. The summed E-state index contributed by atoms with van der Waals surface area (Å²) in [7, 11) is 0. The van der Waals surface area contributed by atoms with Crippen molar-refractivity contribution in [3.05, 3.63) is 53.9 Å². The predicted octanol–water partition coefficient (Wildman–Crippen LogP) is 1.47. The summed E-state index contributed by atoms with van der Waals surface area (Å²) in [5.41, 5.74) is 1.66. The Labute approximate surface area is 93.4 Å². The maximum absolute atomic E-state index is 10.4. The standard InChI is InChI=1S/C12H11N3O/c16-9-11-7-14-12(15-8-11)4-3-10-2-1-5-13-6-10/h1-2,5-9H,3-4H2. The molecule has 0 amide bonds. The summed E-state index contributed by atoms with van der Waals surface area (Å²) < 4.78 is 0. The second kappa shape index (κ2) is 5.11. The Balaban J connectivity index is 1.97. The van der Waals surface area contributed by atoms with Crippen LogP contribution in [0.25, 0.3) is 0 Å². The fraction of sp³-hybridized carbons (Fsp3) is 0.167. The number of nitrogens with zero attached hydrogens (tertiary/aromatic N) is 3. The number of aryl methyl sites for hydroxylation is 2. The zero-order chi connectivity index (χ0) is 11.2. The first-order valence-corrected chi connectivity index (χ1v) is 5.03. The van der Waals surface area contributed by atoms with Gasteiger partial charge in [-0.05, 0) is 18.1 Å². The van der Waals surface area contributed by atoms with Crippen LogP contribution in [-0.4, -0.2) is 21.2 Å². The lowest BCUT2D eigenvalue weighted by Gasteiger charge is -1.99. The van der Waals surface area contributed by atoms with E-state index in [0.717, 1.165) is 30.5 Å². The second-order valence-corrected chi connectivity index (χ2v) is 3.41. The normalized spacial score (nSPS) is 10.0. The van der Waals surface area contributed by atoms with Crippen LogP contribution < -0.4 is 0 Å². The number of pyridine rings is 1. The van der Waals surface area contributed by atoms with Crippen molar-refractivity contribution in [1.82, 2.24) is 15.0 Å². The van der Waals surface area contributed by atoms with E-state index in [1.54, 1.807) is 18.6 Å². The summed E-state index contributed by atoms with van der Waals surface area (Å²) in [4.78, 5) is 22.6. The van der Waals surface area contributed by atoms with Crippen LogP contribution >= 0.6 is 0 Å². The van der Waals surface area contributed by atoms with Crippen molar-refractivity contribution in [3.63, 3.8) is 0 Å². The van der Waals surface area contributed by atoms with Crippen LogP contribution in [0.1, 0.15) is 21.7 Å². The number of aldehydes is 1. The molecule has 80 valence electrons. The molecule has 16 heavy (non-hydrogen) atoms. The molecule has 0 N–H and O–H groups in total. The summed E-state index contributed by atoms with van der Waals surface area (Å²) in [6.07, 6.45) is 9.01. The fourth-order valence-electron chi connectivity index (χ4n) is 1.36. The molecule has 0 radical (unpaired) electrons. The molecule has 2 rings (SSSR count). The van der Waals surface area contributed by atoms with Gasteiger partial charge in [-0.2, -0.15) is 0 Å². The van der Waals surface area contributed by atoms with E-state index in [0.29, 0.717) is 5.56 Å². The lowest BCUT2D eigenvalue weighted by molar-refractivity contribution is 0.112. The first-order chi connectivity index (χ1) is 7.88. The Morgan fingerprint density at radius 2 is 1.94 bits per heavy atom. The zero-order valence-corrected chi connectivity index (χ0v) is 8.71. The lowest BCUT2D eigenvalue weighted by Crippen LogP contribution is -1.99. The molecule has 0 fully saturated rings. The summed E-state index contributed by atoms with van der Waals surface area (Å²) in [5.74, 6) is 0.745. The zero-order valence-electron chi connectivity index (χ0n) is 8.71. The van der Waals surface area contributed by atoms with Crippen molar-refractivity contribution < 1.29 is 4.79 Å². The van der Waals surface area contributed by atoms with Crippen molar-refractivity contribution in [1.29, 1.82) is 0 Å². The van der Waals surface area contributed by atoms with E-state index in [4.69, 9.17) is 0 Å². The molecule has 0 aliphatic rings. The van der Waals surface area contributed by atoms with Crippen molar-refractivity contribution >= 4 is 6.29 Å². The Kier molecular flexibility index (Phi) is 3.33. The summed E-state index contributed by atoms with van der Waals surface area (Å²) in [6.45, 7) is 0. The highest BCUT2D eigenvalue weighted by Gasteiger charge is 1.98. The van der Waals surface area contributed by atoms with Gasteiger partial charge in [0.25, 0.3) is 0 Å². The predicted molar refractivity (Wildman–Crippen MR) is 59.1 cm³/mol. The molecule has 0 spiro atoms. The molecule has 2 aromatic heterocycles. The molecule has 0 aliphatic carbocycles. The largest absolute Gasteiger partial charge is 0.298 e. The molecular formula is C12H11N3O. The van der Waals surface area contributed by atoms with Crippen LogP contribution in [-0.2, 0) is 12.8 Å². The summed E-state index contributed by atoms with van der Waals surface area (Å²) in [6, 6.07) is 3.93. The van der Waals surface area contributed by atoms with Gasteiger partial charge in [0.2, 0.25) is 0 Å².